The lowest BCUT2D eigenvalue weighted by Gasteiger charge is -2.18. The quantitative estimate of drug-likeness (QED) is 0.796. The van der Waals surface area contributed by atoms with Crippen molar-refractivity contribution >= 4 is 26.7 Å². The Morgan fingerprint density at radius 2 is 1.95 bits per heavy atom. The highest BCUT2D eigenvalue weighted by Crippen LogP contribution is 2.25. The first-order valence-corrected chi connectivity index (χ1v) is 7.81. The highest BCUT2D eigenvalue weighted by atomic mass is 32.1. The number of hydrogen-bond acceptors (Lipinski definition) is 4. The molecule has 0 saturated heterocycles. The monoisotopic (exact) mass is 297 g/mol. The van der Waals surface area contributed by atoms with Gasteiger partial charge in [-0.15, -0.1) is 0 Å². The van der Waals surface area contributed by atoms with Gasteiger partial charge in [-0.2, -0.15) is 0 Å². The first kappa shape index (κ1) is 14.0. The molecular weight excluding hydrogens is 278 g/mol. The number of fused-ring (bicyclic) bond motifs is 1. The van der Waals surface area contributed by atoms with Crippen molar-refractivity contribution in [2.45, 2.75) is 20.0 Å². The number of aryl methyl sites for hydroxylation is 1. The zero-order valence-electron chi connectivity index (χ0n) is 12.3. The molecule has 0 aliphatic carbocycles. The topological polar surface area (TPSA) is 42.2 Å². The maximum Gasteiger partial charge on any atom is 0.181 e. The fraction of sp³-hybridized carbons (Fsp3) is 0.235. The van der Waals surface area contributed by atoms with Gasteiger partial charge in [0.15, 0.2) is 5.13 Å². The van der Waals surface area contributed by atoms with Crippen molar-refractivity contribution in [3.05, 3.63) is 59.2 Å². The average molecular weight is 297 g/mol. The number of rotatable bonds is 4. The van der Waals surface area contributed by atoms with Gasteiger partial charge in [-0.3, -0.25) is 4.90 Å². The predicted octanol–water partition coefficient (Wildman–Crippen LogP) is 3.82. The molecule has 3 nitrogen and oxygen atoms in total. The number of aromatic nitrogens is 1. The molecule has 2 N–H and O–H groups in total. The van der Waals surface area contributed by atoms with Crippen molar-refractivity contribution in [1.29, 1.82) is 0 Å². The van der Waals surface area contributed by atoms with E-state index >= 15 is 0 Å². The fourth-order valence-corrected chi connectivity index (χ4v) is 3.33. The second-order valence-corrected chi connectivity index (χ2v) is 6.52. The van der Waals surface area contributed by atoms with E-state index < -0.39 is 0 Å². The van der Waals surface area contributed by atoms with Crippen LogP contribution in [0.2, 0.25) is 0 Å². The number of nitrogen functional groups attached to an aromatic ring is 1. The highest BCUT2D eigenvalue weighted by Gasteiger charge is 2.06. The van der Waals surface area contributed by atoms with E-state index in [0.29, 0.717) is 5.13 Å². The van der Waals surface area contributed by atoms with Gasteiger partial charge < -0.3 is 5.73 Å². The van der Waals surface area contributed by atoms with Gasteiger partial charge in [0.1, 0.15) is 0 Å². The summed E-state index contributed by atoms with van der Waals surface area (Å²) in [6.07, 6.45) is 0. The number of anilines is 1. The van der Waals surface area contributed by atoms with Gasteiger partial charge in [-0.1, -0.05) is 41.7 Å². The third-order valence-corrected chi connectivity index (χ3v) is 4.47. The molecule has 0 aliphatic rings. The Morgan fingerprint density at radius 1 is 1.14 bits per heavy atom. The van der Waals surface area contributed by atoms with Crippen LogP contribution in [0, 0.1) is 6.92 Å². The molecule has 0 bridgehead atoms. The van der Waals surface area contributed by atoms with Crippen molar-refractivity contribution in [3.63, 3.8) is 0 Å². The van der Waals surface area contributed by atoms with Crippen LogP contribution in [0.3, 0.4) is 0 Å². The fourth-order valence-electron chi connectivity index (χ4n) is 2.53. The highest BCUT2D eigenvalue weighted by molar-refractivity contribution is 7.22. The number of thiazole rings is 1. The lowest BCUT2D eigenvalue weighted by molar-refractivity contribution is 0.318. The molecule has 0 saturated carbocycles. The molecule has 108 valence electrons. The van der Waals surface area contributed by atoms with Gasteiger partial charge in [-0.05, 0) is 42.8 Å². The second kappa shape index (κ2) is 5.84. The van der Waals surface area contributed by atoms with E-state index in [-0.39, 0.29) is 0 Å². The number of nitrogens with two attached hydrogens (primary N) is 1. The van der Waals surface area contributed by atoms with Crippen molar-refractivity contribution < 1.29 is 0 Å². The van der Waals surface area contributed by atoms with E-state index in [1.165, 1.54) is 16.7 Å². The summed E-state index contributed by atoms with van der Waals surface area (Å²) in [5, 5.41) is 0.635. The summed E-state index contributed by atoms with van der Waals surface area (Å²) < 4.78 is 1.16. The van der Waals surface area contributed by atoms with Crippen LogP contribution < -0.4 is 5.73 Å². The standard InChI is InChI=1S/C17H19N3S/c1-12-5-3-4-6-14(12)11-20(2)10-13-7-8-15-16(9-13)21-17(18)19-15/h3-9H,10-11H2,1-2H3,(H2,18,19). The minimum absolute atomic E-state index is 0.635. The largest absolute Gasteiger partial charge is 0.375 e. The van der Waals surface area contributed by atoms with E-state index in [9.17, 15) is 0 Å². The number of benzene rings is 2. The minimum Gasteiger partial charge on any atom is -0.375 e. The Labute approximate surface area is 129 Å². The van der Waals surface area contributed by atoms with Crippen LogP contribution in [-0.2, 0) is 13.1 Å². The molecule has 0 aliphatic heterocycles. The summed E-state index contributed by atoms with van der Waals surface area (Å²) in [6.45, 7) is 4.03. The van der Waals surface area contributed by atoms with Crippen molar-refractivity contribution in [3.8, 4) is 0 Å². The van der Waals surface area contributed by atoms with Crippen LogP contribution >= 0.6 is 11.3 Å². The van der Waals surface area contributed by atoms with Gasteiger partial charge in [-0.25, -0.2) is 4.98 Å². The lowest BCUT2D eigenvalue weighted by atomic mass is 10.1. The molecule has 0 radical (unpaired) electrons. The molecule has 0 unspecified atom stereocenters. The maximum absolute atomic E-state index is 5.76. The van der Waals surface area contributed by atoms with Crippen molar-refractivity contribution in [1.82, 2.24) is 9.88 Å². The minimum atomic E-state index is 0.635. The first-order valence-electron chi connectivity index (χ1n) is 7.00. The molecule has 0 fully saturated rings. The Balaban J connectivity index is 1.73. The van der Waals surface area contributed by atoms with E-state index in [2.05, 4.69) is 66.3 Å². The van der Waals surface area contributed by atoms with Crippen LogP contribution in [-0.4, -0.2) is 16.9 Å². The van der Waals surface area contributed by atoms with E-state index in [4.69, 9.17) is 5.73 Å². The van der Waals surface area contributed by atoms with E-state index in [1.807, 2.05) is 0 Å². The lowest BCUT2D eigenvalue weighted by Crippen LogP contribution is -2.17. The summed E-state index contributed by atoms with van der Waals surface area (Å²) in [5.41, 5.74) is 10.8. The summed E-state index contributed by atoms with van der Waals surface area (Å²) in [4.78, 5) is 6.62. The molecule has 21 heavy (non-hydrogen) atoms. The molecule has 3 aromatic rings. The van der Waals surface area contributed by atoms with Crippen LogP contribution in [0.4, 0.5) is 5.13 Å². The first-order chi connectivity index (χ1) is 10.1. The zero-order chi connectivity index (χ0) is 14.8. The summed E-state index contributed by atoms with van der Waals surface area (Å²) in [7, 11) is 2.15. The smallest absolute Gasteiger partial charge is 0.181 e. The zero-order valence-corrected chi connectivity index (χ0v) is 13.2. The van der Waals surface area contributed by atoms with Crippen molar-refractivity contribution in [2.24, 2.45) is 0 Å². The summed E-state index contributed by atoms with van der Waals surface area (Å²) in [5.74, 6) is 0. The molecule has 0 amide bonds. The molecule has 0 atom stereocenters. The Bertz CT molecular complexity index is 764. The predicted molar refractivity (Wildman–Crippen MR) is 90.4 cm³/mol. The van der Waals surface area contributed by atoms with Gasteiger partial charge in [0.05, 0.1) is 10.2 Å². The molecule has 3 rings (SSSR count). The summed E-state index contributed by atoms with van der Waals surface area (Å²) in [6, 6.07) is 14.9. The average Bonchev–Trinajstić information content (AvgIpc) is 2.80. The van der Waals surface area contributed by atoms with Crippen LogP contribution in [0.1, 0.15) is 16.7 Å². The van der Waals surface area contributed by atoms with Gasteiger partial charge in [0, 0.05) is 13.1 Å². The molecular formula is C17H19N3S. The normalized spacial score (nSPS) is 11.4. The molecule has 2 aromatic carbocycles. The van der Waals surface area contributed by atoms with Crippen molar-refractivity contribution in [2.75, 3.05) is 12.8 Å². The Hall–Kier alpha value is -1.91. The SMILES string of the molecule is Cc1ccccc1CN(C)Cc1ccc2nc(N)sc2c1. The molecule has 0 spiro atoms. The van der Waals surface area contributed by atoms with E-state index in [0.717, 1.165) is 23.3 Å². The van der Waals surface area contributed by atoms with Crippen LogP contribution in [0.25, 0.3) is 10.2 Å². The van der Waals surface area contributed by atoms with Crippen LogP contribution in [0.5, 0.6) is 0 Å². The molecule has 1 aromatic heterocycles. The van der Waals surface area contributed by atoms with Crippen LogP contribution in [0.15, 0.2) is 42.5 Å². The van der Waals surface area contributed by atoms with Gasteiger partial charge in [0.25, 0.3) is 0 Å². The third kappa shape index (κ3) is 3.23. The second-order valence-electron chi connectivity index (χ2n) is 5.45. The maximum atomic E-state index is 5.76. The van der Waals surface area contributed by atoms with Gasteiger partial charge in [0.2, 0.25) is 0 Å². The number of nitrogens with zero attached hydrogens (tertiary/aromatic N) is 2. The molecule has 4 heteroatoms. The third-order valence-electron chi connectivity index (χ3n) is 3.62. The number of hydrogen-bond donors (Lipinski definition) is 1. The van der Waals surface area contributed by atoms with Gasteiger partial charge >= 0.3 is 0 Å². The Morgan fingerprint density at radius 3 is 2.76 bits per heavy atom. The summed E-state index contributed by atoms with van der Waals surface area (Å²) >= 11 is 1.55. The van der Waals surface area contributed by atoms with E-state index in [1.54, 1.807) is 11.3 Å². The molecule has 1 heterocycles. The Kier molecular flexibility index (Phi) is 3.90.